The van der Waals surface area contributed by atoms with Crippen LogP contribution in [0.4, 0.5) is 0 Å². The molecule has 0 radical (unpaired) electrons. The molecular weight excluding hydrogens is 302 g/mol. The molecule has 1 aromatic heterocycles. The fourth-order valence-electron chi connectivity index (χ4n) is 2.33. The Morgan fingerprint density at radius 1 is 1.36 bits per heavy atom. The Bertz CT molecular complexity index is 867. The van der Waals surface area contributed by atoms with E-state index in [2.05, 4.69) is 4.98 Å². The van der Waals surface area contributed by atoms with Gasteiger partial charge in [-0.2, -0.15) is 0 Å². The SMILES string of the molecule is COc1cc(C=C2OC(=O)c3c2cc(C)[nH]c3=S)ccc1O. The number of methoxy groups -OCH3 is 1. The summed E-state index contributed by atoms with van der Waals surface area (Å²) >= 11 is 5.18. The molecule has 0 amide bonds. The Morgan fingerprint density at radius 2 is 2.14 bits per heavy atom. The van der Waals surface area contributed by atoms with Gasteiger partial charge in [-0.3, -0.25) is 0 Å². The van der Waals surface area contributed by atoms with E-state index in [9.17, 15) is 9.90 Å². The first-order valence-corrected chi connectivity index (χ1v) is 6.95. The lowest BCUT2D eigenvalue weighted by Gasteiger charge is -2.05. The average Bonchev–Trinajstić information content (AvgIpc) is 2.77. The highest BCUT2D eigenvalue weighted by Gasteiger charge is 2.28. The molecule has 0 atom stereocenters. The number of fused-ring (bicyclic) bond motifs is 1. The van der Waals surface area contributed by atoms with Crippen LogP contribution in [-0.4, -0.2) is 23.2 Å². The van der Waals surface area contributed by atoms with Crippen molar-refractivity contribution >= 4 is 30.0 Å². The van der Waals surface area contributed by atoms with E-state index < -0.39 is 5.97 Å². The van der Waals surface area contributed by atoms with Crippen molar-refractivity contribution < 1.29 is 19.4 Å². The van der Waals surface area contributed by atoms with Gasteiger partial charge in [0.05, 0.1) is 7.11 Å². The van der Waals surface area contributed by atoms with E-state index in [0.29, 0.717) is 27.3 Å². The van der Waals surface area contributed by atoms with Gasteiger partial charge < -0.3 is 19.6 Å². The van der Waals surface area contributed by atoms with Crippen LogP contribution in [0.2, 0.25) is 0 Å². The summed E-state index contributed by atoms with van der Waals surface area (Å²) in [7, 11) is 1.47. The van der Waals surface area contributed by atoms with Crippen LogP contribution in [0, 0.1) is 11.6 Å². The zero-order chi connectivity index (χ0) is 15.9. The molecule has 6 heteroatoms. The van der Waals surface area contributed by atoms with E-state index in [1.54, 1.807) is 18.2 Å². The van der Waals surface area contributed by atoms with Gasteiger partial charge in [-0.25, -0.2) is 4.79 Å². The lowest BCUT2D eigenvalue weighted by molar-refractivity contribution is 0.0716. The van der Waals surface area contributed by atoms with Gasteiger partial charge in [0.25, 0.3) is 0 Å². The molecule has 1 aliphatic heterocycles. The lowest BCUT2D eigenvalue weighted by atomic mass is 10.1. The second-order valence-electron chi connectivity index (χ2n) is 4.90. The van der Waals surface area contributed by atoms with Crippen molar-refractivity contribution in [3.8, 4) is 11.5 Å². The molecule has 1 aromatic carbocycles. The molecule has 3 rings (SSSR count). The summed E-state index contributed by atoms with van der Waals surface area (Å²) in [6, 6.07) is 6.70. The van der Waals surface area contributed by atoms with Gasteiger partial charge >= 0.3 is 5.97 Å². The second-order valence-corrected chi connectivity index (χ2v) is 5.31. The van der Waals surface area contributed by atoms with E-state index >= 15 is 0 Å². The predicted molar refractivity (Wildman–Crippen MR) is 84.3 cm³/mol. The number of H-pyrrole nitrogens is 1. The van der Waals surface area contributed by atoms with Crippen LogP contribution in [0.25, 0.3) is 11.8 Å². The minimum atomic E-state index is -0.465. The Kier molecular flexibility index (Phi) is 3.46. The molecule has 0 fully saturated rings. The molecule has 112 valence electrons. The number of aromatic amines is 1. The van der Waals surface area contributed by atoms with Crippen molar-refractivity contribution in [1.29, 1.82) is 0 Å². The van der Waals surface area contributed by atoms with Gasteiger partial charge in [-0.1, -0.05) is 18.3 Å². The predicted octanol–water partition coefficient (Wildman–Crippen LogP) is 3.44. The maximum absolute atomic E-state index is 12.0. The first kappa shape index (κ1) is 14.3. The number of phenolic OH excluding ortho intramolecular Hbond substituents is 1. The van der Waals surface area contributed by atoms with Gasteiger partial charge in [-0.05, 0) is 36.8 Å². The average molecular weight is 315 g/mol. The van der Waals surface area contributed by atoms with Crippen LogP contribution >= 0.6 is 12.2 Å². The van der Waals surface area contributed by atoms with Crippen LogP contribution in [-0.2, 0) is 4.74 Å². The van der Waals surface area contributed by atoms with Crippen molar-refractivity contribution in [3.63, 3.8) is 0 Å². The van der Waals surface area contributed by atoms with Crippen molar-refractivity contribution in [2.75, 3.05) is 7.11 Å². The Hall–Kier alpha value is -2.60. The highest BCUT2D eigenvalue weighted by atomic mass is 32.1. The molecule has 0 unspecified atom stereocenters. The number of phenols is 1. The smallest absolute Gasteiger partial charge is 0.347 e. The summed E-state index contributed by atoms with van der Waals surface area (Å²) in [5.41, 5.74) is 2.62. The zero-order valence-electron chi connectivity index (χ0n) is 12.0. The molecule has 0 bridgehead atoms. The van der Waals surface area contributed by atoms with Gasteiger partial charge in [0.2, 0.25) is 0 Å². The number of aromatic nitrogens is 1. The maximum Gasteiger partial charge on any atom is 0.347 e. The number of carbonyl (C=O) groups is 1. The quantitative estimate of drug-likeness (QED) is 0.656. The summed E-state index contributed by atoms with van der Waals surface area (Å²) in [4.78, 5) is 14.9. The molecule has 0 saturated heterocycles. The highest BCUT2D eigenvalue weighted by molar-refractivity contribution is 7.71. The van der Waals surface area contributed by atoms with Crippen LogP contribution in [0.5, 0.6) is 11.5 Å². The summed E-state index contributed by atoms with van der Waals surface area (Å²) in [5.74, 6) is 0.358. The van der Waals surface area contributed by atoms with Crippen molar-refractivity contribution in [1.82, 2.24) is 4.98 Å². The van der Waals surface area contributed by atoms with Gasteiger partial charge in [0, 0.05) is 11.3 Å². The van der Waals surface area contributed by atoms with Crippen molar-refractivity contribution in [2.45, 2.75) is 6.92 Å². The number of esters is 1. The van der Waals surface area contributed by atoms with E-state index in [0.717, 1.165) is 11.3 Å². The Morgan fingerprint density at radius 3 is 2.86 bits per heavy atom. The molecule has 5 nitrogen and oxygen atoms in total. The summed E-state index contributed by atoms with van der Waals surface area (Å²) in [6.07, 6.45) is 1.71. The fourth-order valence-corrected chi connectivity index (χ4v) is 2.69. The number of hydrogen-bond donors (Lipinski definition) is 2. The Balaban J connectivity index is 2.12. The minimum Gasteiger partial charge on any atom is -0.504 e. The van der Waals surface area contributed by atoms with Gasteiger partial charge in [0.15, 0.2) is 11.5 Å². The molecule has 2 heterocycles. The maximum atomic E-state index is 12.0. The normalized spacial score (nSPS) is 14.8. The number of aromatic hydroxyl groups is 1. The molecule has 0 spiro atoms. The van der Waals surface area contributed by atoms with E-state index in [4.69, 9.17) is 21.7 Å². The number of benzene rings is 1. The third-order valence-corrected chi connectivity index (χ3v) is 3.65. The highest BCUT2D eigenvalue weighted by Crippen LogP contribution is 2.34. The number of rotatable bonds is 2. The van der Waals surface area contributed by atoms with Gasteiger partial charge in [0.1, 0.15) is 16.0 Å². The standard InChI is InChI=1S/C16H13NO4S/c1-8-5-10-12(21-16(19)14(10)15(22)17-8)6-9-3-4-11(18)13(7-9)20-2/h3-7,18H,1-2H3,(H,17,22). The van der Waals surface area contributed by atoms with E-state index in [1.807, 2.05) is 13.0 Å². The van der Waals surface area contributed by atoms with Crippen LogP contribution in [0.3, 0.4) is 0 Å². The molecular formula is C16H13NO4S. The molecule has 1 aliphatic rings. The van der Waals surface area contributed by atoms with Crippen LogP contribution in [0.1, 0.15) is 27.2 Å². The number of cyclic esters (lactones) is 1. The second kappa shape index (κ2) is 5.31. The summed E-state index contributed by atoms with van der Waals surface area (Å²) in [6.45, 7) is 1.86. The zero-order valence-corrected chi connectivity index (χ0v) is 12.8. The molecule has 0 aliphatic carbocycles. The lowest BCUT2D eigenvalue weighted by Crippen LogP contribution is -1.97. The number of nitrogens with one attached hydrogen (secondary N) is 1. The first-order valence-electron chi connectivity index (χ1n) is 6.55. The number of ether oxygens (including phenoxy) is 2. The fraction of sp³-hybridized carbons (Fsp3) is 0.125. The molecule has 22 heavy (non-hydrogen) atoms. The monoisotopic (exact) mass is 315 g/mol. The number of carbonyl (C=O) groups excluding carboxylic acids is 1. The van der Waals surface area contributed by atoms with Crippen LogP contribution < -0.4 is 4.74 Å². The third-order valence-electron chi connectivity index (χ3n) is 3.34. The molecule has 2 aromatic rings. The van der Waals surface area contributed by atoms with Crippen molar-refractivity contribution in [3.05, 3.63) is 51.3 Å². The van der Waals surface area contributed by atoms with Crippen molar-refractivity contribution in [2.24, 2.45) is 0 Å². The number of hydrogen-bond acceptors (Lipinski definition) is 5. The van der Waals surface area contributed by atoms with Gasteiger partial charge in [-0.15, -0.1) is 0 Å². The summed E-state index contributed by atoms with van der Waals surface area (Å²) < 4.78 is 10.7. The largest absolute Gasteiger partial charge is 0.504 e. The third kappa shape index (κ3) is 2.37. The minimum absolute atomic E-state index is 0.0479. The number of aryl methyl sites for hydroxylation is 1. The number of pyridine rings is 1. The summed E-state index contributed by atoms with van der Waals surface area (Å²) in [5, 5.41) is 9.62. The van der Waals surface area contributed by atoms with Crippen LogP contribution in [0.15, 0.2) is 24.3 Å². The van der Waals surface area contributed by atoms with E-state index in [-0.39, 0.29) is 5.75 Å². The first-order chi connectivity index (χ1) is 10.5. The topological polar surface area (TPSA) is 71.5 Å². The Labute approximate surface area is 131 Å². The molecule has 2 N–H and O–H groups in total. The van der Waals surface area contributed by atoms with E-state index in [1.165, 1.54) is 13.2 Å². The molecule has 0 saturated carbocycles.